The van der Waals surface area contributed by atoms with Crippen LogP contribution in [0, 0.1) is 0 Å². The summed E-state index contributed by atoms with van der Waals surface area (Å²) in [5.41, 5.74) is 1.11. The zero-order valence-corrected chi connectivity index (χ0v) is 6.60. The molecule has 0 fully saturated rings. The third kappa shape index (κ3) is 3.81. The SMILES string of the molecule is ClC=CC(Cl)(Cl)OCl. The van der Waals surface area contributed by atoms with Gasteiger partial charge in [0.05, 0.1) is 11.9 Å². The van der Waals surface area contributed by atoms with Gasteiger partial charge in [0.1, 0.15) is 0 Å². The van der Waals surface area contributed by atoms with E-state index in [4.69, 9.17) is 46.7 Å². The molecule has 8 heavy (non-hydrogen) atoms. The zero-order valence-electron chi connectivity index (χ0n) is 3.57. The van der Waals surface area contributed by atoms with Crippen LogP contribution >= 0.6 is 46.7 Å². The highest BCUT2D eigenvalue weighted by Gasteiger charge is 2.19. The van der Waals surface area contributed by atoms with Crippen LogP contribution in [0.5, 0.6) is 0 Å². The summed E-state index contributed by atoms with van der Waals surface area (Å²) in [6.07, 6.45) is 1.19. The fourth-order valence-corrected chi connectivity index (χ4v) is 0.583. The molecule has 0 rings (SSSR count). The van der Waals surface area contributed by atoms with Crippen LogP contribution in [0.2, 0.25) is 0 Å². The summed E-state index contributed by atoms with van der Waals surface area (Å²) in [5.74, 6) is 0. The molecule has 0 aromatic rings. The summed E-state index contributed by atoms with van der Waals surface area (Å²) in [5, 5.41) is 0. The second-order valence-electron chi connectivity index (χ2n) is 0.932. The Kier molecular flexibility index (Phi) is 4.21. The first-order valence-corrected chi connectivity index (χ1v) is 3.08. The van der Waals surface area contributed by atoms with Gasteiger partial charge in [0.2, 0.25) is 0 Å². The minimum atomic E-state index is -1.51. The zero-order chi connectivity index (χ0) is 6.62. The summed E-state index contributed by atoms with van der Waals surface area (Å²) in [6.45, 7) is 0. The summed E-state index contributed by atoms with van der Waals surface area (Å²) in [4.78, 5) is 0. The molecule has 0 atom stereocenters. The maximum absolute atomic E-state index is 5.26. The van der Waals surface area contributed by atoms with Crippen LogP contribution < -0.4 is 0 Å². The van der Waals surface area contributed by atoms with Crippen LogP contribution in [0.15, 0.2) is 11.6 Å². The van der Waals surface area contributed by atoms with Crippen molar-refractivity contribution in [1.82, 2.24) is 0 Å². The number of rotatable bonds is 2. The van der Waals surface area contributed by atoms with Crippen LogP contribution in [-0.2, 0) is 4.29 Å². The highest BCUT2D eigenvalue weighted by molar-refractivity contribution is 6.50. The minimum absolute atomic E-state index is 1.11. The maximum atomic E-state index is 5.26. The number of halogens is 4. The second-order valence-corrected chi connectivity index (χ2v) is 2.65. The molecule has 0 aliphatic carbocycles. The van der Waals surface area contributed by atoms with Crippen molar-refractivity contribution in [2.24, 2.45) is 0 Å². The maximum Gasteiger partial charge on any atom is 0.256 e. The van der Waals surface area contributed by atoms with Crippen molar-refractivity contribution < 1.29 is 4.29 Å². The van der Waals surface area contributed by atoms with Crippen LogP contribution in [0.25, 0.3) is 0 Å². The summed E-state index contributed by atoms with van der Waals surface area (Å²) >= 11 is 20.4. The Morgan fingerprint density at radius 3 is 2.00 bits per heavy atom. The van der Waals surface area contributed by atoms with Crippen molar-refractivity contribution in [2.75, 3.05) is 0 Å². The highest BCUT2D eigenvalue weighted by Crippen LogP contribution is 2.25. The van der Waals surface area contributed by atoms with Gasteiger partial charge in [-0.05, 0) is 6.08 Å². The summed E-state index contributed by atoms with van der Waals surface area (Å²) in [7, 11) is 0. The van der Waals surface area contributed by atoms with Crippen LogP contribution in [-0.4, -0.2) is 4.52 Å². The first-order chi connectivity index (χ1) is 3.62. The van der Waals surface area contributed by atoms with Gasteiger partial charge in [0.15, 0.2) is 0 Å². The van der Waals surface area contributed by atoms with Gasteiger partial charge >= 0.3 is 0 Å². The van der Waals surface area contributed by atoms with E-state index in [-0.39, 0.29) is 0 Å². The Labute approximate surface area is 67.3 Å². The molecule has 0 aliphatic heterocycles. The van der Waals surface area contributed by atoms with Crippen molar-refractivity contribution in [1.29, 1.82) is 0 Å². The molecule has 0 saturated carbocycles. The monoisotopic (exact) mass is 194 g/mol. The molecule has 0 saturated heterocycles. The molecule has 5 heteroatoms. The van der Waals surface area contributed by atoms with Gasteiger partial charge in [0.25, 0.3) is 4.52 Å². The van der Waals surface area contributed by atoms with Crippen molar-refractivity contribution >= 4 is 46.7 Å². The van der Waals surface area contributed by atoms with Gasteiger partial charge in [-0.25, -0.2) is 4.29 Å². The number of alkyl halides is 2. The lowest BCUT2D eigenvalue weighted by molar-refractivity contribution is 0.322. The molecule has 0 radical (unpaired) electrons. The van der Waals surface area contributed by atoms with Crippen LogP contribution in [0.4, 0.5) is 0 Å². The first kappa shape index (κ1) is 8.86. The van der Waals surface area contributed by atoms with Gasteiger partial charge in [-0.1, -0.05) is 34.8 Å². The van der Waals surface area contributed by atoms with E-state index in [0.29, 0.717) is 0 Å². The quantitative estimate of drug-likeness (QED) is 0.616. The number of hydrogen-bond acceptors (Lipinski definition) is 1. The van der Waals surface area contributed by atoms with E-state index in [9.17, 15) is 0 Å². The standard InChI is InChI=1S/C3H2Cl4O/c4-2-1-3(5,6)8-7/h1-2H. The lowest BCUT2D eigenvalue weighted by Gasteiger charge is -2.06. The van der Waals surface area contributed by atoms with Gasteiger partial charge in [0, 0.05) is 5.54 Å². The Balaban J connectivity index is 3.71. The van der Waals surface area contributed by atoms with E-state index in [1.165, 1.54) is 6.08 Å². The van der Waals surface area contributed by atoms with Crippen LogP contribution in [0.3, 0.4) is 0 Å². The van der Waals surface area contributed by atoms with E-state index in [1.807, 2.05) is 0 Å². The fraction of sp³-hybridized carbons (Fsp3) is 0.333. The molecular weight excluding hydrogens is 194 g/mol. The molecule has 0 aliphatic rings. The van der Waals surface area contributed by atoms with Crippen molar-refractivity contribution in [3.8, 4) is 0 Å². The van der Waals surface area contributed by atoms with Gasteiger partial charge < -0.3 is 0 Å². The van der Waals surface area contributed by atoms with Gasteiger partial charge in [-0.2, -0.15) is 0 Å². The van der Waals surface area contributed by atoms with Crippen LogP contribution in [0.1, 0.15) is 0 Å². The largest absolute Gasteiger partial charge is 0.256 e. The third-order valence-electron chi connectivity index (χ3n) is 0.360. The smallest absolute Gasteiger partial charge is 0.235 e. The molecular formula is C3H2Cl4O. The number of hydrogen-bond donors (Lipinski definition) is 0. The van der Waals surface area contributed by atoms with E-state index >= 15 is 0 Å². The van der Waals surface area contributed by atoms with E-state index in [0.717, 1.165) is 5.54 Å². The Bertz CT molecular complexity index is 89.3. The molecule has 0 bridgehead atoms. The first-order valence-electron chi connectivity index (χ1n) is 1.58. The molecule has 0 unspecified atom stereocenters. The van der Waals surface area contributed by atoms with E-state index < -0.39 is 4.52 Å². The molecule has 1 nitrogen and oxygen atoms in total. The topological polar surface area (TPSA) is 9.23 Å². The molecule has 0 amide bonds. The molecule has 0 aromatic heterocycles. The van der Waals surface area contributed by atoms with Crippen molar-refractivity contribution in [3.05, 3.63) is 11.6 Å². The third-order valence-corrected chi connectivity index (χ3v) is 1.29. The molecule has 0 N–H and O–H groups in total. The summed E-state index contributed by atoms with van der Waals surface area (Å²) in [6, 6.07) is 0. The Hall–Kier alpha value is 0.860. The van der Waals surface area contributed by atoms with E-state index in [2.05, 4.69) is 4.29 Å². The average molecular weight is 196 g/mol. The highest BCUT2D eigenvalue weighted by atomic mass is 35.5. The lowest BCUT2D eigenvalue weighted by Crippen LogP contribution is -2.06. The average Bonchev–Trinajstić information content (AvgIpc) is 1.67. The second kappa shape index (κ2) is 3.80. The Morgan fingerprint density at radius 1 is 1.38 bits per heavy atom. The molecule has 48 valence electrons. The lowest BCUT2D eigenvalue weighted by atomic mass is 10.7. The molecule has 0 spiro atoms. The Morgan fingerprint density at radius 2 is 1.88 bits per heavy atom. The molecule has 0 heterocycles. The van der Waals surface area contributed by atoms with Gasteiger partial charge in [-0.3, -0.25) is 0 Å². The predicted molar refractivity (Wildman–Crippen MR) is 36.4 cm³/mol. The predicted octanol–water partition coefficient (Wildman–Crippen LogP) is 3.04. The molecule has 0 aromatic carbocycles. The fourth-order valence-electron chi connectivity index (χ4n) is 0.0991. The van der Waals surface area contributed by atoms with Crippen molar-refractivity contribution in [2.45, 2.75) is 4.52 Å². The van der Waals surface area contributed by atoms with Crippen molar-refractivity contribution in [3.63, 3.8) is 0 Å². The normalized spacial score (nSPS) is 13.0. The summed E-state index contributed by atoms with van der Waals surface area (Å²) < 4.78 is 2.50. The van der Waals surface area contributed by atoms with E-state index in [1.54, 1.807) is 0 Å². The van der Waals surface area contributed by atoms with Gasteiger partial charge in [-0.15, -0.1) is 0 Å². The minimum Gasteiger partial charge on any atom is -0.235 e.